The van der Waals surface area contributed by atoms with Crippen molar-refractivity contribution >= 4 is 5.91 Å². The van der Waals surface area contributed by atoms with E-state index in [0.29, 0.717) is 0 Å². The Morgan fingerprint density at radius 2 is 2.12 bits per heavy atom. The highest BCUT2D eigenvalue weighted by molar-refractivity contribution is 5.81. The molecule has 2 atom stereocenters. The third-order valence-corrected chi connectivity index (χ3v) is 3.11. The third-order valence-electron chi connectivity index (χ3n) is 3.11. The van der Waals surface area contributed by atoms with E-state index in [0.717, 1.165) is 19.4 Å². The van der Waals surface area contributed by atoms with E-state index in [1.807, 2.05) is 23.1 Å². The summed E-state index contributed by atoms with van der Waals surface area (Å²) in [5, 5.41) is 0. The number of nitrogens with two attached hydrogens (primary N) is 1. The minimum Gasteiger partial charge on any atom is -0.334 e. The zero-order valence-corrected chi connectivity index (χ0v) is 9.60. The smallest absolute Gasteiger partial charge is 0.239 e. The molecule has 0 aromatic heterocycles. The first kappa shape index (κ1) is 11.1. The molecule has 0 saturated carbocycles. The first-order valence-electron chi connectivity index (χ1n) is 5.81. The molecule has 1 aliphatic rings. The fourth-order valence-electron chi connectivity index (χ4n) is 2.31. The lowest BCUT2D eigenvalue weighted by Crippen LogP contribution is -2.41. The van der Waals surface area contributed by atoms with Crippen molar-refractivity contribution in [3.63, 3.8) is 0 Å². The van der Waals surface area contributed by atoms with Gasteiger partial charge in [0.1, 0.15) is 0 Å². The number of amides is 1. The highest BCUT2D eigenvalue weighted by Gasteiger charge is 2.30. The highest BCUT2D eigenvalue weighted by atomic mass is 16.2. The van der Waals surface area contributed by atoms with Gasteiger partial charge in [-0.05, 0) is 25.3 Å². The second-order valence-corrected chi connectivity index (χ2v) is 4.39. The predicted octanol–water partition coefficient (Wildman–Crippen LogP) is 1.70. The summed E-state index contributed by atoms with van der Waals surface area (Å²) in [6.07, 6.45) is 2.11. The van der Waals surface area contributed by atoms with Gasteiger partial charge >= 0.3 is 0 Å². The van der Waals surface area contributed by atoms with Crippen LogP contribution < -0.4 is 5.73 Å². The van der Waals surface area contributed by atoms with Gasteiger partial charge < -0.3 is 10.6 Å². The average molecular weight is 218 g/mol. The van der Waals surface area contributed by atoms with Crippen LogP contribution >= 0.6 is 0 Å². The SMILES string of the molecule is C[C@@H](N)C(=O)N1CCCC1c1ccccc1. The number of rotatable bonds is 2. The number of hydrogen-bond acceptors (Lipinski definition) is 2. The Labute approximate surface area is 96.2 Å². The van der Waals surface area contributed by atoms with E-state index < -0.39 is 6.04 Å². The number of benzene rings is 1. The minimum atomic E-state index is -0.399. The van der Waals surface area contributed by atoms with Crippen LogP contribution in [0.4, 0.5) is 0 Å². The van der Waals surface area contributed by atoms with Crippen molar-refractivity contribution in [2.45, 2.75) is 31.8 Å². The molecule has 0 bridgehead atoms. The van der Waals surface area contributed by atoms with Crippen LogP contribution in [0, 0.1) is 0 Å². The molecule has 0 spiro atoms. The molecular weight excluding hydrogens is 200 g/mol. The Morgan fingerprint density at radius 3 is 2.75 bits per heavy atom. The summed E-state index contributed by atoms with van der Waals surface area (Å²) in [5.41, 5.74) is 6.88. The lowest BCUT2D eigenvalue weighted by molar-refractivity contribution is -0.133. The van der Waals surface area contributed by atoms with Crippen molar-refractivity contribution in [1.29, 1.82) is 0 Å². The number of hydrogen-bond donors (Lipinski definition) is 1. The van der Waals surface area contributed by atoms with Crippen LogP contribution in [0.3, 0.4) is 0 Å². The normalized spacial score (nSPS) is 22.1. The molecule has 86 valence electrons. The monoisotopic (exact) mass is 218 g/mol. The highest BCUT2D eigenvalue weighted by Crippen LogP contribution is 2.31. The quantitative estimate of drug-likeness (QED) is 0.821. The van der Waals surface area contributed by atoms with E-state index in [4.69, 9.17) is 5.73 Å². The van der Waals surface area contributed by atoms with E-state index in [1.54, 1.807) is 6.92 Å². The molecule has 1 aromatic carbocycles. The summed E-state index contributed by atoms with van der Waals surface area (Å²) >= 11 is 0. The van der Waals surface area contributed by atoms with E-state index in [1.165, 1.54) is 5.56 Å². The second-order valence-electron chi connectivity index (χ2n) is 4.39. The predicted molar refractivity (Wildman–Crippen MR) is 63.8 cm³/mol. The minimum absolute atomic E-state index is 0.0614. The molecule has 1 unspecified atom stereocenters. The van der Waals surface area contributed by atoms with Crippen molar-refractivity contribution in [3.05, 3.63) is 35.9 Å². The molecule has 1 saturated heterocycles. The van der Waals surface area contributed by atoms with Crippen molar-refractivity contribution in [2.24, 2.45) is 5.73 Å². The second kappa shape index (κ2) is 4.66. The molecule has 1 heterocycles. The maximum atomic E-state index is 11.9. The fourth-order valence-corrected chi connectivity index (χ4v) is 2.31. The number of carbonyl (C=O) groups is 1. The molecule has 1 aromatic rings. The standard InChI is InChI=1S/C13H18N2O/c1-10(14)13(16)15-9-5-8-12(15)11-6-3-2-4-7-11/h2-4,6-7,10,12H,5,8-9,14H2,1H3/t10-,12?/m1/s1. The van der Waals surface area contributed by atoms with Gasteiger partial charge in [-0.2, -0.15) is 0 Å². The topological polar surface area (TPSA) is 46.3 Å². The summed E-state index contributed by atoms with van der Waals surface area (Å²) in [5.74, 6) is 0.0614. The van der Waals surface area contributed by atoms with Crippen LogP contribution in [-0.4, -0.2) is 23.4 Å². The Morgan fingerprint density at radius 1 is 1.44 bits per heavy atom. The zero-order valence-electron chi connectivity index (χ0n) is 9.60. The largest absolute Gasteiger partial charge is 0.334 e. The zero-order chi connectivity index (χ0) is 11.5. The van der Waals surface area contributed by atoms with Crippen LogP contribution in [0.15, 0.2) is 30.3 Å². The summed E-state index contributed by atoms with van der Waals surface area (Å²) in [6, 6.07) is 10.0. The maximum absolute atomic E-state index is 11.9. The number of likely N-dealkylation sites (tertiary alicyclic amines) is 1. The Hall–Kier alpha value is -1.35. The van der Waals surface area contributed by atoms with Gasteiger partial charge in [0.05, 0.1) is 12.1 Å². The molecule has 3 heteroatoms. The lowest BCUT2D eigenvalue weighted by Gasteiger charge is -2.26. The van der Waals surface area contributed by atoms with E-state index in [2.05, 4.69) is 12.1 Å². The molecule has 0 radical (unpaired) electrons. The summed E-state index contributed by atoms with van der Waals surface area (Å²) in [7, 11) is 0. The molecule has 1 amide bonds. The first-order valence-corrected chi connectivity index (χ1v) is 5.81. The van der Waals surface area contributed by atoms with Gasteiger partial charge in [-0.3, -0.25) is 4.79 Å². The average Bonchev–Trinajstić information content (AvgIpc) is 2.77. The fraction of sp³-hybridized carbons (Fsp3) is 0.462. The summed E-state index contributed by atoms with van der Waals surface area (Å²) < 4.78 is 0. The van der Waals surface area contributed by atoms with Crippen LogP contribution in [0.5, 0.6) is 0 Å². The Balaban J connectivity index is 2.19. The Kier molecular flexibility index (Phi) is 3.25. The number of carbonyl (C=O) groups excluding carboxylic acids is 1. The maximum Gasteiger partial charge on any atom is 0.239 e. The van der Waals surface area contributed by atoms with Crippen molar-refractivity contribution in [3.8, 4) is 0 Å². The van der Waals surface area contributed by atoms with E-state index in [9.17, 15) is 4.79 Å². The molecule has 2 N–H and O–H groups in total. The summed E-state index contributed by atoms with van der Waals surface area (Å²) in [4.78, 5) is 13.8. The van der Waals surface area contributed by atoms with Crippen molar-refractivity contribution < 1.29 is 4.79 Å². The van der Waals surface area contributed by atoms with Gasteiger partial charge in [-0.25, -0.2) is 0 Å². The van der Waals surface area contributed by atoms with Gasteiger partial charge in [-0.1, -0.05) is 30.3 Å². The van der Waals surface area contributed by atoms with Gasteiger partial charge in [0.15, 0.2) is 0 Å². The summed E-state index contributed by atoms with van der Waals surface area (Å²) in [6.45, 7) is 2.59. The van der Waals surface area contributed by atoms with Crippen LogP contribution in [0.2, 0.25) is 0 Å². The molecule has 1 fully saturated rings. The molecule has 16 heavy (non-hydrogen) atoms. The lowest BCUT2D eigenvalue weighted by atomic mass is 10.0. The molecule has 2 rings (SSSR count). The molecule has 0 aliphatic carbocycles. The van der Waals surface area contributed by atoms with Gasteiger partial charge in [0.25, 0.3) is 0 Å². The van der Waals surface area contributed by atoms with Crippen LogP contribution in [-0.2, 0) is 4.79 Å². The van der Waals surface area contributed by atoms with Crippen LogP contribution in [0.25, 0.3) is 0 Å². The van der Waals surface area contributed by atoms with Crippen molar-refractivity contribution in [1.82, 2.24) is 4.90 Å². The van der Waals surface area contributed by atoms with Crippen LogP contribution in [0.1, 0.15) is 31.4 Å². The van der Waals surface area contributed by atoms with E-state index in [-0.39, 0.29) is 11.9 Å². The van der Waals surface area contributed by atoms with Gasteiger partial charge in [0, 0.05) is 6.54 Å². The Bertz CT molecular complexity index is 361. The molecule has 3 nitrogen and oxygen atoms in total. The van der Waals surface area contributed by atoms with E-state index >= 15 is 0 Å². The van der Waals surface area contributed by atoms with Gasteiger partial charge in [0.2, 0.25) is 5.91 Å². The number of nitrogens with zero attached hydrogens (tertiary/aromatic N) is 1. The molecular formula is C13H18N2O. The van der Waals surface area contributed by atoms with Gasteiger partial charge in [-0.15, -0.1) is 0 Å². The molecule has 1 aliphatic heterocycles. The third kappa shape index (κ3) is 2.09. The van der Waals surface area contributed by atoms with Crippen molar-refractivity contribution in [2.75, 3.05) is 6.54 Å². The first-order chi connectivity index (χ1) is 7.70.